The number of aliphatic hydroxyl groups is 1. The Morgan fingerprint density at radius 3 is 2.71 bits per heavy atom. The molecule has 3 aromatic carbocycles. The van der Waals surface area contributed by atoms with Crippen molar-refractivity contribution in [2.24, 2.45) is 0 Å². The van der Waals surface area contributed by atoms with Gasteiger partial charge in [0.05, 0.1) is 17.6 Å². The smallest absolute Gasteiger partial charge is 0.227 e. The lowest BCUT2D eigenvalue weighted by molar-refractivity contribution is -0.117. The second kappa shape index (κ2) is 9.49. The van der Waals surface area contributed by atoms with E-state index >= 15 is 0 Å². The average molecular weight is 476 g/mol. The van der Waals surface area contributed by atoms with Gasteiger partial charge in [0, 0.05) is 29.6 Å². The van der Waals surface area contributed by atoms with Crippen molar-refractivity contribution >= 4 is 34.2 Å². The molecule has 1 saturated heterocycles. The molecule has 2 atom stereocenters. The van der Waals surface area contributed by atoms with Crippen LogP contribution < -0.4 is 9.64 Å². The van der Waals surface area contributed by atoms with Gasteiger partial charge in [-0.1, -0.05) is 35.9 Å². The van der Waals surface area contributed by atoms with E-state index in [9.17, 15) is 9.90 Å². The maximum absolute atomic E-state index is 12.9. The zero-order valence-electron chi connectivity index (χ0n) is 18.9. The molecule has 1 aliphatic heterocycles. The molecular formula is C27H26ClN3O3. The van der Waals surface area contributed by atoms with Crippen LogP contribution in [0.3, 0.4) is 0 Å². The second-order valence-electron chi connectivity index (χ2n) is 8.73. The van der Waals surface area contributed by atoms with E-state index in [0.717, 1.165) is 33.9 Å². The topological polar surface area (TPSA) is 67.6 Å². The Hall–Kier alpha value is -3.35. The molecular weight excluding hydrogens is 450 g/mol. The zero-order chi connectivity index (χ0) is 23.7. The molecule has 6 nitrogen and oxygen atoms in total. The van der Waals surface area contributed by atoms with Crippen molar-refractivity contribution < 1.29 is 14.6 Å². The first-order valence-corrected chi connectivity index (χ1v) is 11.7. The third-order valence-corrected chi connectivity index (χ3v) is 6.39. The Bertz CT molecular complexity index is 1320. The summed E-state index contributed by atoms with van der Waals surface area (Å²) in [4.78, 5) is 19.5. The van der Waals surface area contributed by atoms with Gasteiger partial charge in [0.25, 0.3) is 0 Å². The van der Waals surface area contributed by atoms with Gasteiger partial charge >= 0.3 is 0 Å². The highest BCUT2D eigenvalue weighted by molar-refractivity contribution is 6.30. The van der Waals surface area contributed by atoms with E-state index in [0.29, 0.717) is 24.5 Å². The number of ether oxygens (including phenoxy) is 1. The first kappa shape index (κ1) is 22.4. The lowest BCUT2D eigenvalue weighted by Crippen LogP contribution is -2.26. The van der Waals surface area contributed by atoms with Crippen LogP contribution in [0.25, 0.3) is 11.0 Å². The number of benzene rings is 3. The Morgan fingerprint density at radius 2 is 1.91 bits per heavy atom. The summed E-state index contributed by atoms with van der Waals surface area (Å²) in [6.45, 7) is 3.02. The number of nitrogens with zero attached hydrogens (tertiary/aromatic N) is 3. The van der Waals surface area contributed by atoms with Gasteiger partial charge in [0.15, 0.2) is 0 Å². The summed E-state index contributed by atoms with van der Waals surface area (Å²) in [6, 6.07) is 22.9. The molecule has 5 rings (SSSR count). The van der Waals surface area contributed by atoms with E-state index in [2.05, 4.69) is 0 Å². The summed E-state index contributed by atoms with van der Waals surface area (Å²) in [5.74, 6) is 1.50. The highest BCUT2D eigenvalue weighted by Crippen LogP contribution is 2.33. The fraction of sp³-hybridized carbons (Fsp3) is 0.259. The molecule has 7 heteroatoms. The number of aliphatic hydroxyl groups excluding tert-OH is 1. The molecule has 1 N–H and O–H groups in total. The number of fused-ring (bicyclic) bond motifs is 1. The number of hydrogen-bond acceptors (Lipinski definition) is 4. The summed E-state index contributed by atoms with van der Waals surface area (Å²) >= 11 is 6.02. The van der Waals surface area contributed by atoms with E-state index in [1.807, 2.05) is 72.2 Å². The highest BCUT2D eigenvalue weighted by atomic mass is 35.5. The van der Waals surface area contributed by atoms with Crippen LogP contribution in [0.5, 0.6) is 5.75 Å². The second-order valence-corrected chi connectivity index (χ2v) is 9.17. The summed E-state index contributed by atoms with van der Waals surface area (Å²) in [6.07, 6.45) is -0.372. The number of aromatic nitrogens is 2. The van der Waals surface area contributed by atoms with Gasteiger partial charge < -0.3 is 19.3 Å². The van der Waals surface area contributed by atoms with E-state index in [4.69, 9.17) is 21.3 Å². The fourth-order valence-electron chi connectivity index (χ4n) is 4.51. The molecule has 0 saturated carbocycles. The number of carbonyl (C=O) groups is 1. The number of amides is 1. The molecule has 34 heavy (non-hydrogen) atoms. The van der Waals surface area contributed by atoms with E-state index in [1.54, 1.807) is 17.0 Å². The number of anilines is 1. The van der Waals surface area contributed by atoms with Gasteiger partial charge in [-0.2, -0.15) is 0 Å². The first-order chi connectivity index (χ1) is 16.5. The summed E-state index contributed by atoms with van der Waals surface area (Å²) < 4.78 is 7.85. The minimum absolute atomic E-state index is 0.0502. The van der Waals surface area contributed by atoms with Gasteiger partial charge in [-0.15, -0.1) is 0 Å². The SMILES string of the molecule is Cc1cccc(OC[C@@H](O)Cn2c([C@@H]3CC(=O)N(c4ccc(Cl)cc4)C3)nc3ccccc32)c1. The number of hydrogen-bond donors (Lipinski definition) is 1. The van der Waals surface area contributed by atoms with Crippen LogP contribution in [0.1, 0.15) is 23.7 Å². The quantitative estimate of drug-likeness (QED) is 0.410. The Labute approximate surface area is 203 Å². The number of rotatable bonds is 7. The molecule has 2 heterocycles. The Balaban J connectivity index is 1.38. The number of para-hydroxylation sites is 2. The molecule has 0 radical (unpaired) electrons. The van der Waals surface area contributed by atoms with Crippen molar-refractivity contribution in [1.82, 2.24) is 9.55 Å². The van der Waals surface area contributed by atoms with Crippen LogP contribution in [0, 0.1) is 6.92 Å². The predicted molar refractivity (Wildman–Crippen MR) is 134 cm³/mol. The minimum Gasteiger partial charge on any atom is -0.491 e. The molecule has 0 bridgehead atoms. The average Bonchev–Trinajstić information content (AvgIpc) is 3.39. The van der Waals surface area contributed by atoms with Crippen molar-refractivity contribution in [3.63, 3.8) is 0 Å². The van der Waals surface area contributed by atoms with Crippen LogP contribution in [-0.2, 0) is 11.3 Å². The van der Waals surface area contributed by atoms with Gasteiger partial charge in [-0.05, 0) is 61.0 Å². The maximum atomic E-state index is 12.9. The Morgan fingerprint density at radius 1 is 1.12 bits per heavy atom. The largest absolute Gasteiger partial charge is 0.491 e. The molecule has 0 unspecified atom stereocenters. The zero-order valence-corrected chi connectivity index (χ0v) is 19.7. The molecule has 0 aliphatic carbocycles. The van der Waals surface area contributed by atoms with Gasteiger partial charge in [-0.25, -0.2) is 4.98 Å². The number of carbonyl (C=O) groups excluding carboxylic acids is 1. The lowest BCUT2D eigenvalue weighted by Gasteiger charge is -2.19. The van der Waals surface area contributed by atoms with Crippen molar-refractivity contribution in [2.45, 2.75) is 31.9 Å². The van der Waals surface area contributed by atoms with E-state index in [-0.39, 0.29) is 18.4 Å². The number of aryl methyl sites for hydroxylation is 1. The molecule has 0 spiro atoms. The summed E-state index contributed by atoms with van der Waals surface area (Å²) in [5.41, 5.74) is 3.71. The highest BCUT2D eigenvalue weighted by Gasteiger charge is 2.35. The molecule has 1 aromatic heterocycles. The molecule has 1 aliphatic rings. The van der Waals surface area contributed by atoms with Crippen LogP contribution >= 0.6 is 11.6 Å². The molecule has 1 amide bonds. The van der Waals surface area contributed by atoms with Crippen molar-refractivity contribution in [2.75, 3.05) is 18.1 Å². The molecule has 4 aromatic rings. The van der Waals surface area contributed by atoms with Crippen molar-refractivity contribution in [1.29, 1.82) is 0 Å². The number of imidazole rings is 1. The normalized spacial score (nSPS) is 16.9. The lowest BCUT2D eigenvalue weighted by atomic mass is 10.1. The van der Waals surface area contributed by atoms with Crippen molar-refractivity contribution in [3.8, 4) is 5.75 Å². The standard InChI is InChI=1S/C27H26ClN3O3/c1-18-5-4-6-23(13-18)34-17-22(32)16-31-25-8-3-2-7-24(25)29-27(31)19-14-26(33)30(15-19)21-11-9-20(28)10-12-21/h2-13,19,22,32H,14-17H2,1H3/t19-,22+/m1/s1. The van der Waals surface area contributed by atoms with Gasteiger partial charge in [0.1, 0.15) is 24.3 Å². The monoisotopic (exact) mass is 475 g/mol. The van der Waals surface area contributed by atoms with Crippen LogP contribution in [0.15, 0.2) is 72.8 Å². The third-order valence-electron chi connectivity index (χ3n) is 6.14. The van der Waals surface area contributed by atoms with E-state index < -0.39 is 6.10 Å². The van der Waals surface area contributed by atoms with Crippen LogP contribution in [0.2, 0.25) is 5.02 Å². The van der Waals surface area contributed by atoms with E-state index in [1.165, 1.54) is 0 Å². The summed E-state index contributed by atoms with van der Waals surface area (Å²) in [5, 5.41) is 11.5. The Kier molecular flexibility index (Phi) is 6.26. The molecule has 174 valence electrons. The fourth-order valence-corrected chi connectivity index (χ4v) is 4.64. The minimum atomic E-state index is -0.735. The third kappa shape index (κ3) is 4.65. The van der Waals surface area contributed by atoms with Crippen molar-refractivity contribution in [3.05, 3.63) is 89.2 Å². The summed E-state index contributed by atoms with van der Waals surface area (Å²) in [7, 11) is 0. The van der Waals surface area contributed by atoms with Gasteiger partial charge in [0.2, 0.25) is 5.91 Å². The molecule has 1 fully saturated rings. The van der Waals surface area contributed by atoms with Gasteiger partial charge in [-0.3, -0.25) is 4.79 Å². The number of halogens is 1. The predicted octanol–water partition coefficient (Wildman–Crippen LogP) is 4.96. The van der Waals surface area contributed by atoms with Crippen LogP contribution in [-0.4, -0.2) is 39.8 Å². The first-order valence-electron chi connectivity index (χ1n) is 11.4. The maximum Gasteiger partial charge on any atom is 0.227 e. The van der Waals surface area contributed by atoms with Crippen LogP contribution in [0.4, 0.5) is 5.69 Å².